The normalized spacial score (nSPS) is 25.2. The first-order chi connectivity index (χ1) is 12.5. The third-order valence-corrected chi connectivity index (χ3v) is 5.72. The van der Waals surface area contributed by atoms with Crippen molar-refractivity contribution in [1.82, 2.24) is 15.1 Å². The lowest BCUT2D eigenvalue weighted by molar-refractivity contribution is -0.139. The predicted octanol–water partition coefficient (Wildman–Crippen LogP) is 3.12. The number of carbonyl (C=O) groups excluding carboxylic acids is 1. The molecule has 2 N–H and O–H groups in total. The van der Waals surface area contributed by atoms with Crippen molar-refractivity contribution >= 4 is 23.6 Å². The molecular weight excluding hydrogens is 354 g/mol. The molecule has 1 aromatic rings. The first kappa shape index (κ1) is 19.0. The Balaban J connectivity index is 1.52. The van der Waals surface area contributed by atoms with Crippen LogP contribution in [-0.4, -0.2) is 58.6 Å². The zero-order valence-electron chi connectivity index (χ0n) is 15.0. The molecule has 1 unspecified atom stereocenters. The molecule has 0 bridgehead atoms. The summed E-state index contributed by atoms with van der Waals surface area (Å²) >= 11 is 5.96. The van der Waals surface area contributed by atoms with Gasteiger partial charge in [0.25, 0.3) is 0 Å². The fraction of sp³-hybridized carbons (Fsp3) is 0.579. The highest BCUT2D eigenvalue weighted by molar-refractivity contribution is 6.30. The van der Waals surface area contributed by atoms with E-state index in [-0.39, 0.29) is 30.7 Å². The van der Waals surface area contributed by atoms with Crippen LogP contribution in [0.25, 0.3) is 0 Å². The van der Waals surface area contributed by atoms with E-state index in [1.807, 2.05) is 41.0 Å². The quantitative estimate of drug-likeness (QED) is 0.796. The van der Waals surface area contributed by atoms with Crippen LogP contribution < -0.4 is 5.32 Å². The number of urea groups is 1. The minimum Gasteiger partial charge on any atom is -0.480 e. The average Bonchev–Trinajstić information content (AvgIpc) is 3.06. The minimum atomic E-state index is -0.804. The maximum absolute atomic E-state index is 12.7. The molecule has 1 aromatic carbocycles. The van der Waals surface area contributed by atoms with Gasteiger partial charge in [0.15, 0.2) is 0 Å². The van der Waals surface area contributed by atoms with Gasteiger partial charge in [-0.25, -0.2) is 4.79 Å². The van der Waals surface area contributed by atoms with Gasteiger partial charge in [0.1, 0.15) is 0 Å². The van der Waals surface area contributed by atoms with E-state index < -0.39 is 5.97 Å². The van der Waals surface area contributed by atoms with Crippen LogP contribution in [0.2, 0.25) is 5.02 Å². The summed E-state index contributed by atoms with van der Waals surface area (Å²) in [6.07, 6.45) is 3.58. The average molecular weight is 380 g/mol. The van der Waals surface area contributed by atoms with E-state index in [9.17, 15) is 9.59 Å². The maximum atomic E-state index is 12.7. The molecule has 2 amide bonds. The zero-order chi connectivity index (χ0) is 18.7. The summed E-state index contributed by atoms with van der Waals surface area (Å²) in [6, 6.07) is 8.16. The number of carbonyl (C=O) groups is 2. The smallest absolute Gasteiger partial charge is 0.318 e. The molecule has 7 heteroatoms. The van der Waals surface area contributed by atoms with Crippen LogP contribution >= 0.6 is 11.6 Å². The minimum absolute atomic E-state index is 0.0211. The number of likely N-dealkylation sites (tertiary alicyclic amines) is 1. The van der Waals surface area contributed by atoms with Gasteiger partial charge in [-0.15, -0.1) is 0 Å². The van der Waals surface area contributed by atoms with Crippen molar-refractivity contribution in [3.05, 3.63) is 34.9 Å². The van der Waals surface area contributed by atoms with Crippen LogP contribution in [0.3, 0.4) is 0 Å². The number of halogens is 1. The van der Waals surface area contributed by atoms with Crippen LogP contribution in [0.1, 0.15) is 44.2 Å². The number of amides is 2. The van der Waals surface area contributed by atoms with E-state index in [4.69, 9.17) is 16.7 Å². The molecule has 2 aliphatic rings. The fourth-order valence-electron chi connectivity index (χ4n) is 3.98. The number of nitrogens with one attached hydrogen (secondary N) is 1. The second-order valence-electron chi connectivity index (χ2n) is 7.13. The molecule has 1 aliphatic carbocycles. The van der Waals surface area contributed by atoms with Gasteiger partial charge < -0.3 is 15.3 Å². The second-order valence-corrected chi connectivity index (χ2v) is 7.57. The Labute approximate surface area is 159 Å². The highest BCUT2D eigenvalue weighted by Gasteiger charge is 2.37. The van der Waals surface area contributed by atoms with Crippen molar-refractivity contribution in [3.8, 4) is 0 Å². The SMILES string of the molecule is CCN(CC(=O)O)C1CC(NC(=O)N2CCCC2c2ccc(Cl)cc2)C1. The van der Waals surface area contributed by atoms with Crippen molar-refractivity contribution in [2.24, 2.45) is 0 Å². The van der Waals surface area contributed by atoms with Crippen LogP contribution in [0, 0.1) is 0 Å². The van der Waals surface area contributed by atoms with Gasteiger partial charge in [-0.2, -0.15) is 0 Å². The molecule has 1 heterocycles. The summed E-state index contributed by atoms with van der Waals surface area (Å²) in [5, 5.41) is 12.8. The number of nitrogens with zero attached hydrogens (tertiary/aromatic N) is 2. The summed E-state index contributed by atoms with van der Waals surface area (Å²) < 4.78 is 0. The van der Waals surface area contributed by atoms with Gasteiger partial charge >= 0.3 is 12.0 Å². The number of benzene rings is 1. The van der Waals surface area contributed by atoms with Crippen LogP contribution in [0.5, 0.6) is 0 Å². The van der Waals surface area contributed by atoms with E-state index in [1.165, 1.54) is 0 Å². The number of carboxylic acids is 1. The van der Waals surface area contributed by atoms with Crippen LogP contribution in [0.4, 0.5) is 4.79 Å². The molecule has 6 nitrogen and oxygen atoms in total. The number of aliphatic carboxylic acids is 1. The lowest BCUT2D eigenvalue weighted by Gasteiger charge is -2.43. The van der Waals surface area contributed by atoms with Gasteiger partial charge in [-0.1, -0.05) is 30.7 Å². The van der Waals surface area contributed by atoms with E-state index in [2.05, 4.69) is 5.32 Å². The van der Waals surface area contributed by atoms with Gasteiger partial charge in [0.05, 0.1) is 12.6 Å². The van der Waals surface area contributed by atoms with E-state index in [0.29, 0.717) is 11.6 Å². The molecule has 1 aliphatic heterocycles. The second kappa shape index (κ2) is 8.27. The molecule has 1 saturated heterocycles. The topological polar surface area (TPSA) is 72.9 Å². The number of rotatable bonds is 6. The molecule has 0 radical (unpaired) electrons. The molecule has 2 fully saturated rings. The van der Waals surface area contributed by atoms with E-state index in [1.54, 1.807) is 0 Å². The van der Waals surface area contributed by atoms with Crippen LogP contribution in [0.15, 0.2) is 24.3 Å². The Hall–Kier alpha value is -1.79. The molecule has 142 valence electrons. The summed E-state index contributed by atoms with van der Waals surface area (Å²) in [6.45, 7) is 3.50. The van der Waals surface area contributed by atoms with Crippen molar-refractivity contribution in [1.29, 1.82) is 0 Å². The predicted molar refractivity (Wildman–Crippen MR) is 100 cm³/mol. The summed E-state index contributed by atoms with van der Waals surface area (Å²) in [5.74, 6) is -0.804. The number of carboxylic acid groups (broad SMARTS) is 1. The monoisotopic (exact) mass is 379 g/mol. The maximum Gasteiger partial charge on any atom is 0.318 e. The lowest BCUT2D eigenvalue weighted by Crippen LogP contribution is -2.56. The number of hydrogen-bond donors (Lipinski definition) is 2. The first-order valence-electron chi connectivity index (χ1n) is 9.26. The molecule has 3 rings (SSSR count). The lowest BCUT2D eigenvalue weighted by atomic mass is 9.85. The number of likely N-dealkylation sites (N-methyl/N-ethyl adjacent to an activating group) is 1. The summed E-state index contributed by atoms with van der Waals surface area (Å²) in [5.41, 5.74) is 1.12. The molecule has 0 aromatic heterocycles. The number of hydrogen-bond acceptors (Lipinski definition) is 3. The summed E-state index contributed by atoms with van der Waals surface area (Å²) in [7, 11) is 0. The third kappa shape index (κ3) is 4.30. The van der Waals surface area contributed by atoms with E-state index in [0.717, 1.165) is 37.8 Å². The van der Waals surface area contributed by atoms with E-state index >= 15 is 0 Å². The Morgan fingerprint density at radius 2 is 2.00 bits per heavy atom. The third-order valence-electron chi connectivity index (χ3n) is 5.47. The Kier molecular flexibility index (Phi) is 6.04. The Morgan fingerprint density at radius 3 is 2.62 bits per heavy atom. The molecule has 1 saturated carbocycles. The Bertz CT molecular complexity index is 646. The van der Waals surface area contributed by atoms with Gasteiger partial charge in [0, 0.05) is 23.7 Å². The van der Waals surface area contributed by atoms with Gasteiger partial charge in [-0.3, -0.25) is 9.69 Å². The van der Waals surface area contributed by atoms with Crippen LogP contribution in [-0.2, 0) is 4.79 Å². The largest absolute Gasteiger partial charge is 0.480 e. The standard InChI is InChI=1S/C19H26ClN3O3/c1-2-22(12-18(24)25)16-10-15(11-16)21-19(26)23-9-3-4-17(23)13-5-7-14(20)8-6-13/h5-8,15-17H,2-4,9-12H2,1H3,(H,21,26)(H,24,25). The highest BCUT2D eigenvalue weighted by atomic mass is 35.5. The highest BCUT2D eigenvalue weighted by Crippen LogP contribution is 2.33. The molecular formula is C19H26ClN3O3. The van der Waals surface area contributed by atoms with Crippen molar-refractivity contribution in [2.45, 2.75) is 50.7 Å². The first-order valence-corrected chi connectivity index (χ1v) is 9.64. The van der Waals surface area contributed by atoms with Gasteiger partial charge in [-0.05, 0) is 49.9 Å². The Morgan fingerprint density at radius 1 is 1.31 bits per heavy atom. The van der Waals surface area contributed by atoms with Crippen molar-refractivity contribution in [3.63, 3.8) is 0 Å². The fourth-order valence-corrected chi connectivity index (χ4v) is 4.10. The molecule has 0 spiro atoms. The zero-order valence-corrected chi connectivity index (χ0v) is 15.8. The van der Waals surface area contributed by atoms with Crippen molar-refractivity contribution < 1.29 is 14.7 Å². The molecule has 1 atom stereocenters. The van der Waals surface area contributed by atoms with Gasteiger partial charge in [0.2, 0.25) is 0 Å². The molecule has 26 heavy (non-hydrogen) atoms. The summed E-state index contributed by atoms with van der Waals surface area (Å²) in [4.78, 5) is 27.5. The van der Waals surface area contributed by atoms with Crippen molar-refractivity contribution in [2.75, 3.05) is 19.6 Å².